The third-order valence-electron chi connectivity index (χ3n) is 2.37. The molecular formula is C11H11NO4S. The van der Waals surface area contributed by atoms with Crippen molar-refractivity contribution in [2.45, 2.75) is 6.04 Å². The molecule has 1 aliphatic rings. The minimum Gasteiger partial charge on any atom is -0.507 e. The molecule has 6 heteroatoms. The van der Waals surface area contributed by atoms with Gasteiger partial charge in [0.05, 0.1) is 12.7 Å². The molecule has 0 fully saturated rings. The smallest absolute Gasteiger partial charge is 0.329 e. The van der Waals surface area contributed by atoms with Gasteiger partial charge in [-0.1, -0.05) is 0 Å². The minimum absolute atomic E-state index is 0.0723. The number of phenolic OH excluding ortho intramolecular Hbond substituents is 1. The number of carboxylic acid groups (broad SMARTS) is 1. The number of thioether (sulfide) groups is 1. The number of aliphatic carboxylic acids is 1. The number of carbonyl (C=O) groups is 1. The van der Waals surface area contributed by atoms with Crippen LogP contribution >= 0.6 is 11.8 Å². The molecule has 90 valence electrons. The Morgan fingerprint density at radius 3 is 2.94 bits per heavy atom. The van der Waals surface area contributed by atoms with Gasteiger partial charge < -0.3 is 14.9 Å². The lowest BCUT2D eigenvalue weighted by molar-refractivity contribution is -0.137. The number of ether oxygens (including phenoxy) is 1. The Balaban J connectivity index is 2.34. The van der Waals surface area contributed by atoms with Gasteiger partial charge in [0.25, 0.3) is 0 Å². The topological polar surface area (TPSA) is 79.1 Å². The molecule has 2 N–H and O–H groups in total. The Morgan fingerprint density at radius 2 is 2.35 bits per heavy atom. The molecular weight excluding hydrogens is 242 g/mol. The Labute approximate surface area is 102 Å². The van der Waals surface area contributed by atoms with Crippen LogP contribution in [0.4, 0.5) is 0 Å². The van der Waals surface area contributed by atoms with Crippen LogP contribution in [-0.2, 0) is 4.79 Å². The number of aliphatic imine (C=N–C) groups is 1. The number of rotatable bonds is 3. The normalized spacial score (nSPS) is 18.9. The van der Waals surface area contributed by atoms with E-state index in [1.165, 1.54) is 24.9 Å². The fourth-order valence-corrected chi connectivity index (χ4v) is 2.51. The monoisotopic (exact) mass is 253 g/mol. The SMILES string of the molecule is COc1ccc(O)c(C2=NC(C(=O)O)CS2)c1. The quantitative estimate of drug-likeness (QED) is 0.850. The van der Waals surface area contributed by atoms with Crippen molar-refractivity contribution in [3.8, 4) is 11.5 Å². The molecule has 17 heavy (non-hydrogen) atoms. The summed E-state index contributed by atoms with van der Waals surface area (Å²) >= 11 is 1.32. The van der Waals surface area contributed by atoms with Crippen molar-refractivity contribution in [1.29, 1.82) is 0 Å². The van der Waals surface area contributed by atoms with E-state index in [4.69, 9.17) is 9.84 Å². The lowest BCUT2D eigenvalue weighted by atomic mass is 10.2. The van der Waals surface area contributed by atoms with Crippen molar-refractivity contribution in [3.63, 3.8) is 0 Å². The average Bonchev–Trinajstić information content (AvgIpc) is 2.79. The molecule has 0 aliphatic carbocycles. The third-order valence-corrected chi connectivity index (χ3v) is 3.45. The summed E-state index contributed by atoms with van der Waals surface area (Å²) in [5.74, 6) is 0.110. The first-order chi connectivity index (χ1) is 8.11. The zero-order valence-electron chi connectivity index (χ0n) is 9.08. The molecule has 0 bridgehead atoms. The largest absolute Gasteiger partial charge is 0.507 e. The van der Waals surface area contributed by atoms with Gasteiger partial charge in [0.2, 0.25) is 0 Å². The first-order valence-corrected chi connectivity index (χ1v) is 5.91. The average molecular weight is 253 g/mol. The summed E-state index contributed by atoms with van der Waals surface area (Å²) < 4.78 is 5.05. The van der Waals surface area contributed by atoms with Crippen LogP contribution in [0.25, 0.3) is 0 Å². The molecule has 0 aromatic heterocycles. The molecule has 1 unspecified atom stereocenters. The highest BCUT2D eigenvalue weighted by Gasteiger charge is 2.26. The molecule has 1 heterocycles. The Kier molecular flexibility index (Phi) is 3.23. The second-order valence-electron chi connectivity index (χ2n) is 3.48. The summed E-state index contributed by atoms with van der Waals surface area (Å²) in [5.41, 5.74) is 0.512. The number of hydrogen-bond acceptors (Lipinski definition) is 5. The van der Waals surface area contributed by atoms with E-state index in [2.05, 4.69) is 4.99 Å². The maximum Gasteiger partial charge on any atom is 0.329 e. The number of phenols is 1. The Morgan fingerprint density at radius 1 is 1.59 bits per heavy atom. The summed E-state index contributed by atoms with van der Waals surface area (Å²) in [7, 11) is 1.53. The van der Waals surface area contributed by atoms with Crippen LogP contribution in [0.15, 0.2) is 23.2 Å². The van der Waals surface area contributed by atoms with Crippen LogP contribution < -0.4 is 4.74 Å². The van der Waals surface area contributed by atoms with Gasteiger partial charge in [-0.2, -0.15) is 0 Å². The van der Waals surface area contributed by atoms with Crippen LogP contribution in [0.1, 0.15) is 5.56 Å². The van der Waals surface area contributed by atoms with Gasteiger partial charge in [-0.15, -0.1) is 11.8 Å². The summed E-state index contributed by atoms with van der Waals surface area (Å²) in [6.45, 7) is 0. The predicted molar refractivity (Wildman–Crippen MR) is 65.1 cm³/mol. The number of benzene rings is 1. The number of carboxylic acids is 1. The Bertz CT molecular complexity index is 486. The van der Waals surface area contributed by atoms with Crippen molar-refractivity contribution < 1.29 is 19.7 Å². The molecule has 1 aromatic rings. The van der Waals surface area contributed by atoms with Crippen LogP contribution in [0.3, 0.4) is 0 Å². The van der Waals surface area contributed by atoms with E-state index < -0.39 is 12.0 Å². The van der Waals surface area contributed by atoms with Crippen LogP contribution in [0.5, 0.6) is 11.5 Å². The fourth-order valence-electron chi connectivity index (χ4n) is 1.46. The zero-order chi connectivity index (χ0) is 12.4. The zero-order valence-corrected chi connectivity index (χ0v) is 9.90. The molecule has 2 rings (SSSR count). The first-order valence-electron chi connectivity index (χ1n) is 4.92. The van der Waals surface area contributed by atoms with Crippen molar-refractivity contribution in [3.05, 3.63) is 23.8 Å². The van der Waals surface area contributed by atoms with Crippen LogP contribution in [-0.4, -0.2) is 40.1 Å². The summed E-state index contributed by atoms with van der Waals surface area (Å²) in [6.07, 6.45) is 0. The lowest BCUT2D eigenvalue weighted by Gasteiger charge is -2.06. The van der Waals surface area contributed by atoms with Gasteiger partial charge in [0.15, 0.2) is 6.04 Å². The molecule has 1 aliphatic heterocycles. The van der Waals surface area contributed by atoms with Crippen molar-refractivity contribution >= 4 is 22.8 Å². The molecule has 0 radical (unpaired) electrons. The Hall–Kier alpha value is -1.69. The molecule has 0 saturated carbocycles. The number of nitrogens with zero attached hydrogens (tertiary/aromatic N) is 1. The highest BCUT2D eigenvalue weighted by Crippen LogP contribution is 2.31. The highest BCUT2D eigenvalue weighted by molar-refractivity contribution is 8.14. The van der Waals surface area contributed by atoms with Crippen LogP contribution in [0.2, 0.25) is 0 Å². The van der Waals surface area contributed by atoms with Crippen molar-refractivity contribution in [2.24, 2.45) is 4.99 Å². The second kappa shape index (κ2) is 4.67. The summed E-state index contributed by atoms with van der Waals surface area (Å²) in [5, 5.41) is 19.1. The molecule has 5 nitrogen and oxygen atoms in total. The van der Waals surface area contributed by atoms with Crippen molar-refractivity contribution in [1.82, 2.24) is 0 Å². The van der Waals surface area contributed by atoms with E-state index in [-0.39, 0.29) is 5.75 Å². The summed E-state index contributed by atoms with van der Waals surface area (Å²) in [4.78, 5) is 14.8. The van der Waals surface area contributed by atoms with E-state index in [1.807, 2.05) is 0 Å². The third kappa shape index (κ3) is 2.36. The first kappa shape index (κ1) is 11.8. The van der Waals surface area contributed by atoms with Gasteiger partial charge in [-0.25, -0.2) is 4.79 Å². The highest BCUT2D eigenvalue weighted by atomic mass is 32.2. The van der Waals surface area contributed by atoms with Gasteiger partial charge in [0, 0.05) is 5.75 Å². The second-order valence-corrected chi connectivity index (χ2v) is 4.49. The number of aromatic hydroxyl groups is 1. The predicted octanol–water partition coefficient (Wildman–Crippen LogP) is 1.35. The molecule has 1 atom stereocenters. The fraction of sp³-hybridized carbons (Fsp3) is 0.273. The maximum atomic E-state index is 10.8. The van der Waals surface area contributed by atoms with E-state index >= 15 is 0 Å². The molecule has 0 amide bonds. The van der Waals surface area contributed by atoms with Gasteiger partial charge in [-0.05, 0) is 18.2 Å². The molecule has 1 aromatic carbocycles. The van der Waals surface area contributed by atoms with Gasteiger partial charge in [-0.3, -0.25) is 4.99 Å². The van der Waals surface area contributed by atoms with Gasteiger partial charge >= 0.3 is 5.97 Å². The number of methoxy groups -OCH3 is 1. The van der Waals surface area contributed by atoms with E-state index in [9.17, 15) is 9.90 Å². The van der Waals surface area contributed by atoms with Crippen LogP contribution in [0, 0.1) is 0 Å². The molecule has 0 spiro atoms. The minimum atomic E-state index is -0.949. The maximum absolute atomic E-state index is 10.8. The van der Waals surface area contributed by atoms with E-state index in [1.54, 1.807) is 12.1 Å². The van der Waals surface area contributed by atoms with Gasteiger partial charge in [0.1, 0.15) is 16.5 Å². The standard InChI is InChI=1S/C11H11NO4S/c1-16-6-2-3-9(13)7(4-6)10-12-8(5-17-10)11(14)15/h2-4,8,13H,5H2,1H3,(H,14,15). The van der Waals surface area contributed by atoms with E-state index in [0.717, 1.165) is 0 Å². The molecule has 0 saturated heterocycles. The number of hydrogen-bond donors (Lipinski definition) is 2. The van der Waals surface area contributed by atoms with Crippen molar-refractivity contribution in [2.75, 3.05) is 12.9 Å². The van der Waals surface area contributed by atoms with E-state index in [0.29, 0.717) is 22.1 Å². The lowest BCUT2D eigenvalue weighted by Crippen LogP contribution is -2.17. The summed E-state index contributed by atoms with van der Waals surface area (Å²) in [6, 6.07) is 4.05.